The van der Waals surface area contributed by atoms with Gasteiger partial charge < -0.3 is 125 Å². The van der Waals surface area contributed by atoms with Crippen molar-refractivity contribution in [3.8, 4) is 0 Å². The number of hydrogen-bond donors (Lipinski definition) is 16. The number of carbonyl (C=O) groups excluding carboxylic acids is 2. The minimum absolute atomic E-state index is 0.741. The van der Waals surface area contributed by atoms with Gasteiger partial charge in [-0.3, -0.25) is 9.59 Å². The largest absolute Gasteiger partial charge is 0.394 e. The fourth-order valence-electron chi connectivity index (χ4n) is 7.67. The number of carbonyl (C=O) groups is 2. The van der Waals surface area contributed by atoms with Crippen molar-refractivity contribution < 1.29 is 124 Å². The van der Waals surface area contributed by atoms with E-state index in [0.29, 0.717) is 0 Å². The molecule has 0 radical (unpaired) electrons. The highest BCUT2D eigenvalue weighted by molar-refractivity contribution is 5.73. The number of nitrogens with one attached hydrogen (secondary N) is 2. The molecule has 1 unspecified atom stereocenters. The van der Waals surface area contributed by atoms with Crippen LogP contribution in [0.4, 0.5) is 0 Å². The lowest BCUT2D eigenvalue weighted by molar-refractivity contribution is -0.376. The van der Waals surface area contributed by atoms with E-state index in [1.54, 1.807) is 0 Å². The monoisotopic (exact) mass is 894 g/mol. The van der Waals surface area contributed by atoms with E-state index >= 15 is 0 Å². The van der Waals surface area contributed by atoms with E-state index in [4.69, 9.17) is 42.6 Å². The molecule has 5 saturated heterocycles. The topological polar surface area (TPSA) is 424 Å². The maximum atomic E-state index is 12.7. The average molecular weight is 895 g/mol. The Bertz CT molecular complexity index is 1420. The SMILES string of the molecule is CC(=O)N[C@H]1[C@H](OC[C@H]2OC(O)[C@H](NC(C)=O)[C@@H](O[C@@H]3O[C@H](CO)[C@H](O)[C@H](O)[C@H]3O)[C@H]2O)O[C@H](CO)[C@@H](O[C@@H]2O[C@@H](C)[C@@H](O)[C@@H](O)[C@@H]2O)[C@@H]1O[C@@H]1O[C@H](CO)[C@H](O)[C@H](O)[C@H]1O. The number of aliphatic hydroxyl groups is 14. The summed E-state index contributed by atoms with van der Waals surface area (Å²) in [5, 5.41) is 152. The summed E-state index contributed by atoms with van der Waals surface area (Å²) >= 11 is 0. The zero-order valence-electron chi connectivity index (χ0n) is 33.0. The first-order chi connectivity index (χ1) is 28.7. The van der Waals surface area contributed by atoms with Crippen molar-refractivity contribution in [2.24, 2.45) is 0 Å². The molecule has 25 atom stereocenters. The summed E-state index contributed by atoms with van der Waals surface area (Å²) in [6.07, 6.45) is -40.6. The third-order valence-corrected chi connectivity index (χ3v) is 11.1. The Hall–Kier alpha value is -1.98. The van der Waals surface area contributed by atoms with Gasteiger partial charge >= 0.3 is 0 Å². The summed E-state index contributed by atoms with van der Waals surface area (Å²) in [6, 6.07) is -3.22. The van der Waals surface area contributed by atoms with Crippen LogP contribution in [-0.2, 0) is 52.2 Å². The second-order valence-electron chi connectivity index (χ2n) is 15.4. The van der Waals surface area contributed by atoms with Crippen molar-refractivity contribution >= 4 is 11.8 Å². The van der Waals surface area contributed by atoms with Crippen molar-refractivity contribution in [2.45, 2.75) is 174 Å². The molecule has 354 valence electrons. The molecular weight excluding hydrogens is 836 g/mol. The van der Waals surface area contributed by atoms with Gasteiger partial charge in [0.05, 0.1) is 32.5 Å². The summed E-state index contributed by atoms with van der Waals surface area (Å²) in [5.74, 6) is -1.53. The molecule has 0 aromatic rings. The van der Waals surface area contributed by atoms with Gasteiger partial charge in [-0.05, 0) is 6.92 Å². The molecule has 61 heavy (non-hydrogen) atoms. The van der Waals surface area contributed by atoms with E-state index in [9.17, 15) is 81.1 Å². The molecule has 5 heterocycles. The Morgan fingerprint density at radius 1 is 0.459 bits per heavy atom. The maximum absolute atomic E-state index is 12.7. The van der Waals surface area contributed by atoms with Gasteiger partial charge in [-0.15, -0.1) is 0 Å². The average Bonchev–Trinajstić information content (AvgIpc) is 3.22. The Balaban J connectivity index is 1.44. The fraction of sp³-hybridized carbons (Fsp3) is 0.941. The molecular formula is C34H58N2O25. The Morgan fingerprint density at radius 3 is 1.38 bits per heavy atom. The van der Waals surface area contributed by atoms with E-state index in [1.807, 2.05) is 0 Å². The van der Waals surface area contributed by atoms with Gasteiger partial charge in [0.1, 0.15) is 116 Å². The van der Waals surface area contributed by atoms with E-state index < -0.39 is 192 Å². The smallest absolute Gasteiger partial charge is 0.217 e. The van der Waals surface area contributed by atoms with Crippen molar-refractivity contribution in [2.75, 3.05) is 26.4 Å². The normalized spacial score (nSPS) is 49.6. The number of ether oxygens (including phenoxy) is 9. The molecule has 0 aromatic heterocycles. The van der Waals surface area contributed by atoms with Gasteiger partial charge in [0, 0.05) is 13.8 Å². The van der Waals surface area contributed by atoms with Crippen LogP contribution in [-0.4, -0.2) is 263 Å². The minimum atomic E-state index is -2.04. The number of hydrogen-bond acceptors (Lipinski definition) is 25. The summed E-state index contributed by atoms with van der Waals surface area (Å²) in [6.45, 7) is -0.0137. The Labute approximate surface area is 346 Å². The molecule has 27 nitrogen and oxygen atoms in total. The molecule has 0 aromatic carbocycles. The number of rotatable bonds is 14. The zero-order valence-corrected chi connectivity index (χ0v) is 33.0. The van der Waals surface area contributed by atoms with Gasteiger partial charge in [0.25, 0.3) is 0 Å². The fourth-order valence-corrected chi connectivity index (χ4v) is 7.67. The van der Waals surface area contributed by atoms with Crippen LogP contribution in [0.25, 0.3) is 0 Å². The van der Waals surface area contributed by atoms with Gasteiger partial charge in [0.15, 0.2) is 31.5 Å². The molecule has 5 aliphatic heterocycles. The Kier molecular flexibility index (Phi) is 17.5. The van der Waals surface area contributed by atoms with Crippen LogP contribution in [0.3, 0.4) is 0 Å². The van der Waals surface area contributed by atoms with E-state index in [1.165, 1.54) is 6.92 Å². The second-order valence-corrected chi connectivity index (χ2v) is 15.4. The molecule has 5 fully saturated rings. The van der Waals surface area contributed by atoms with Gasteiger partial charge in [-0.1, -0.05) is 0 Å². The number of aliphatic hydroxyl groups excluding tert-OH is 14. The van der Waals surface area contributed by atoms with Crippen LogP contribution < -0.4 is 10.6 Å². The molecule has 2 amide bonds. The predicted molar refractivity (Wildman–Crippen MR) is 188 cm³/mol. The van der Waals surface area contributed by atoms with Crippen LogP contribution in [0.1, 0.15) is 20.8 Å². The summed E-state index contributed by atoms with van der Waals surface area (Å²) in [5.41, 5.74) is 0. The first kappa shape index (κ1) is 50.0. The van der Waals surface area contributed by atoms with E-state index in [0.717, 1.165) is 13.8 Å². The highest BCUT2D eigenvalue weighted by Crippen LogP contribution is 2.35. The first-order valence-corrected chi connectivity index (χ1v) is 19.4. The molecule has 0 spiro atoms. The van der Waals surface area contributed by atoms with Crippen molar-refractivity contribution in [3.05, 3.63) is 0 Å². The molecule has 16 N–H and O–H groups in total. The third kappa shape index (κ3) is 10.9. The quantitative estimate of drug-likeness (QED) is 0.0770. The predicted octanol–water partition coefficient (Wildman–Crippen LogP) is -10.6. The summed E-state index contributed by atoms with van der Waals surface area (Å²) in [4.78, 5) is 24.8. The number of amides is 2. The molecule has 0 bridgehead atoms. The lowest BCUT2D eigenvalue weighted by atomic mass is 9.94. The standard InChI is InChI=1S/C34H58N2O25/c1-8-17(42)21(46)24(49)32(54-8)59-27-13(6-39)58-31(16(36-10(3)41)29(27)61-34-26(51)23(48)19(44)12(5-38)57-34)53-7-14-20(45)28(15(30(52)55-14)35-9(2)40)60-33-25(50)22(47)18(43)11(4-37)56-33/h8,11-34,37-39,42-52H,4-7H2,1-3H3,(H,35,40)(H,36,41)/t8-,11+,12+,13+,14+,15+,16+,17+,18-,19-,20-,21+,22-,23-,24-,25+,26+,27+,28+,29+,30?,31+,32-,33-,34-/m0/s1. The molecule has 0 saturated carbocycles. The summed E-state index contributed by atoms with van der Waals surface area (Å²) in [7, 11) is 0. The third-order valence-electron chi connectivity index (χ3n) is 11.1. The van der Waals surface area contributed by atoms with Crippen LogP contribution in [0, 0.1) is 0 Å². The van der Waals surface area contributed by atoms with Gasteiger partial charge in [0.2, 0.25) is 11.8 Å². The molecule has 5 aliphatic rings. The lowest BCUT2D eigenvalue weighted by Crippen LogP contribution is -2.70. The van der Waals surface area contributed by atoms with Crippen LogP contribution >= 0.6 is 0 Å². The molecule has 5 rings (SSSR count). The highest BCUT2D eigenvalue weighted by Gasteiger charge is 2.56. The van der Waals surface area contributed by atoms with Crippen LogP contribution in [0.2, 0.25) is 0 Å². The van der Waals surface area contributed by atoms with Crippen LogP contribution in [0.15, 0.2) is 0 Å². The van der Waals surface area contributed by atoms with Gasteiger partial charge in [-0.2, -0.15) is 0 Å². The minimum Gasteiger partial charge on any atom is -0.394 e. The van der Waals surface area contributed by atoms with Crippen molar-refractivity contribution in [1.82, 2.24) is 10.6 Å². The van der Waals surface area contributed by atoms with E-state index in [-0.39, 0.29) is 0 Å². The Morgan fingerprint density at radius 2 is 0.885 bits per heavy atom. The highest BCUT2D eigenvalue weighted by atomic mass is 16.8. The molecule has 27 heteroatoms. The van der Waals surface area contributed by atoms with Gasteiger partial charge in [-0.25, -0.2) is 0 Å². The van der Waals surface area contributed by atoms with E-state index in [2.05, 4.69) is 10.6 Å². The van der Waals surface area contributed by atoms with Crippen LogP contribution in [0.5, 0.6) is 0 Å². The van der Waals surface area contributed by atoms with Crippen molar-refractivity contribution in [3.63, 3.8) is 0 Å². The van der Waals surface area contributed by atoms with Crippen molar-refractivity contribution in [1.29, 1.82) is 0 Å². The lowest BCUT2D eigenvalue weighted by Gasteiger charge is -2.50. The zero-order chi connectivity index (χ0) is 45.2. The second kappa shape index (κ2) is 21.3. The maximum Gasteiger partial charge on any atom is 0.217 e. The first-order valence-electron chi connectivity index (χ1n) is 19.4. The summed E-state index contributed by atoms with van der Waals surface area (Å²) < 4.78 is 51.8. The molecule has 0 aliphatic carbocycles.